The fraction of sp³-hybridized carbons (Fsp3) is 0.150. The Morgan fingerprint density at radius 1 is 1.38 bits per heavy atom. The Morgan fingerprint density at radius 2 is 2.19 bits per heavy atom. The highest BCUT2D eigenvalue weighted by molar-refractivity contribution is 6.31. The second-order valence-corrected chi connectivity index (χ2v) is 7.64. The van der Waals surface area contributed by atoms with Gasteiger partial charge >= 0.3 is 5.69 Å². The fourth-order valence-electron chi connectivity index (χ4n) is 3.12. The van der Waals surface area contributed by atoms with Crippen molar-refractivity contribution >= 4 is 35.0 Å². The van der Waals surface area contributed by atoms with Crippen molar-refractivity contribution in [1.82, 2.24) is 24.6 Å². The number of carbonyl (C=O) groups is 1. The molecule has 0 radical (unpaired) electrons. The highest BCUT2D eigenvalue weighted by Crippen LogP contribution is 2.23. The normalized spacial score (nSPS) is 14.9. The van der Waals surface area contributed by atoms with Crippen molar-refractivity contribution < 1.29 is 14.3 Å². The predicted octanol–water partition coefficient (Wildman–Crippen LogP) is 1.11. The molecule has 0 unspecified atom stereocenters. The summed E-state index contributed by atoms with van der Waals surface area (Å²) < 4.78 is 15.7. The summed E-state index contributed by atoms with van der Waals surface area (Å²) in [6, 6.07) is 5.82. The minimum Gasteiger partial charge on any atom is -0.493 e. The van der Waals surface area contributed by atoms with E-state index in [1.165, 1.54) is 41.1 Å². The third-order valence-electron chi connectivity index (χ3n) is 4.81. The smallest absolute Gasteiger partial charge is 0.326 e. The zero-order valence-electron chi connectivity index (χ0n) is 16.3. The van der Waals surface area contributed by atoms with E-state index in [1.54, 1.807) is 0 Å². The number of imidazole rings is 1. The number of anilines is 1. The van der Waals surface area contributed by atoms with E-state index >= 15 is 0 Å². The van der Waals surface area contributed by atoms with Crippen molar-refractivity contribution in [2.45, 2.75) is 18.9 Å². The first-order valence-electron chi connectivity index (χ1n) is 9.60. The van der Waals surface area contributed by atoms with Gasteiger partial charge in [-0.15, -0.1) is 0 Å². The first-order valence-corrected chi connectivity index (χ1v) is 9.98. The SMILES string of the molecule is O=C(Nc1cc(=NC2CC2)n2nc/c(=C\c3[nH]c(=O)[nH]c3O)c2n1)c1cccc(Cl)c1F. The van der Waals surface area contributed by atoms with Crippen LogP contribution in [-0.2, 0) is 0 Å². The van der Waals surface area contributed by atoms with Crippen LogP contribution in [0, 0.1) is 5.82 Å². The van der Waals surface area contributed by atoms with Gasteiger partial charge in [-0.25, -0.2) is 14.2 Å². The summed E-state index contributed by atoms with van der Waals surface area (Å²) in [5, 5.41) is 17.0. The molecule has 3 aromatic heterocycles. The van der Waals surface area contributed by atoms with E-state index < -0.39 is 17.4 Å². The number of nitrogens with one attached hydrogen (secondary N) is 3. The Morgan fingerprint density at radius 3 is 2.91 bits per heavy atom. The van der Waals surface area contributed by atoms with Gasteiger partial charge in [-0.05, 0) is 31.1 Å². The van der Waals surface area contributed by atoms with Crippen molar-refractivity contribution in [2.75, 3.05) is 5.32 Å². The van der Waals surface area contributed by atoms with Crippen LogP contribution in [0.3, 0.4) is 0 Å². The van der Waals surface area contributed by atoms with E-state index in [9.17, 15) is 19.1 Å². The molecule has 0 bridgehead atoms. The maximum atomic E-state index is 14.3. The lowest BCUT2D eigenvalue weighted by Gasteiger charge is -2.07. The third kappa shape index (κ3) is 3.73. The molecule has 0 aliphatic heterocycles. The average molecular weight is 456 g/mol. The average Bonchev–Trinajstić information content (AvgIpc) is 3.38. The summed E-state index contributed by atoms with van der Waals surface area (Å²) in [6.45, 7) is 0. The number of fused-ring (bicyclic) bond motifs is 1. The molecule has 162 valence electrons. The van der Waals surface area contributed by atoms with Crippen LogP contribution < -0.4 is 21.7 Å². The van der Waals surface area contributed by atoms with E-state index in [2.05, 4.69) is 30.4 Å². The molecule has 32 heavy (non-hydrogen) atoms. The van der Waals surface area contributed by atoms with Gasteiger partial charge in [-0.1, -0.05) is 17.7 Å². The molecule has 1 aromatic carbocycles. The monoisotopic (exact) mass is 455 g/mol. The van der Waals surface area contributed by atoms with Gasteiger partial charge in [0.15, 0.2) is 17.0 Å². The van der Waals surface area contributed by atoms with Crippen molar-refractivity contribution in [3.8, 4) is 5.88 Å². The maximum Gasteiger partial charge on any atom is 0.326 e. The van der Waals surface area contributed by atoms with Crippen LogP contribution >= 0.6 is 11.6 Å². The fourth-order valence-corrected chi connectivity index (χ4v) is 3.30. The molecular weight excluding hydrogens is 441 g/mol. The number of aromatic amines is 2. The van der Waals surface area contributed by atoms with Gasteiger partial charge in [0.25, 0.3) is 5.91 Å². The molecule has 5 rings (SSSR count). The van der Waals surface area contributed by atoms with Gasteiger partial charge in [0.1, 0.15) is 11.5 Å². The van der Waals surface area contributed by atoms with E-state index in [4.69, 9.17) is 11.6 Å². The zero-order valence-corrected chi connectivity index (χ0v) is 17.0. The van der Waals surface area contributed by atoms with Crippen LogP contribution in [0.15, 0.2) is 40.2 Å². The molecule has 1 aliphatic carbocycles. The number of amides is 1. The van der Waals surface area contributed by atoms with Crippen LogP contribution in [0.25, 0.3) is 11.7 Å². The largest absolute Gasteiger partial charge is 0.493 e. The first kappa shape index (κ1) is 19.9. The summed E-state index contributed by atoms with van der Waals surface area (Å²) in [5.41, 5.74) is 0.109. The molecule has 3 heterocycles. The molecule has 1 fully saturated rings. The minimum absolute atomic E-state index is 0.128. The van der Waals surface area contributed by atoms with Crippen LogP contribution in [0.4, 0.5) is 10.2 Å². The first-order chi connectivity index (χ1) is 15.4. The number of carbonyl (C=O) groups excluding carboxylic acids is 1. The van der Waals surface area contributed by atoms with Gasteiger partial charge in [0, 0.05) is 11.3 Å². The lowest BCUT2D eigenvalue weighted by atomic mass is 10.2. The lowest BCUT2D eigenvalue weighted by Crippen LogP contribution is -2.22. The lowest BCUT2D eigenvalue weighted by molar-refractivity contribution is 0.102. The number of benzene rings is 1. The van der Waals surface area contributed by atoms with E-state index in [1.807, 2.05) is 0 Å². The number of rotatable bonds is 4. The van der Waals surface area contributed by atoms with Crippen LogP contribution in [-0.4, -0.2) is 41.6 Å². The van der Waals surface area contributed by atoms with Crippen LogP contribution in [0.2, 0.25) is 5.02 Å². The highest BCUT2D eigenvalue weighted by Gasteiger charge is 2.21. The van der Waals surface area contributed by atoms with Gasteiger partial charge in [0.2, 0.25) is 5.88 Å². The van der Waals surface area contributed by atoms with Crippen LogP contribution in [0.5, 0.6) is 5.88 Å². The van der Waals surface area contributed by atoms with Gasteiger partial charge in [0.05, 0.1) is 22.8 Å². The summed E-state index contributed by atoms with van der Waals surface area (Å²) in [5.74, 6) is -1.76. The number of H-pyrrole nitrogens is 2. The molecule has 0 atom stereocenters. The van der Waals surface area contributed by atoms with E-state index in [0.717, 1.165) is 12.8 Å². The number of hydrogen-bond donors (Lipinski definition) is 4. The molecule has 10 nitrogen and oxygen atoms in total. The highest BCUT2D eigenvalue weighted by atomic mass is 35.5. The molecule has 4 aromatic rings. The molecular formula is C20H15ClFN7O3. The molecule has 0 spiro atoms. The molecule has 12 heteroatoms. The predicted molar refractivity (Wildman–Crippen MR) is 113 cm³/mol. The Hall–Kier alpha value is -3.99. The quantitative estimate of drug-likeness (QED) is 0.365. The third-order valence-corrected chi connectivity index (χ3v) is 5.11. The Balaban J connectivity index is 1.63. The topological polar surface area (TPSA) is 141 Å². The molecule has 1 saturated carbocycles. The molecule has 0 saturated heterocycles. The number of nitrogens with zero attached hydrogens (tertiary/aromatic N) is 4. The Kier molecular flexibility index (Phi) is 4.74. The second kappa shape index (κ2) is 7.61. The van der Waals surface area contributed by atoms with Crippen molar-refractivity contribution in [3.05, 3.63) is 73.8 Å². The van der Waals surface area contributed by atoms with E-state index in [0.29, 0.717) is 16.4 Å². The number of halogens is 2. The van der Waals surface area contributed by atoms with Crippen LogP contribution in [0.1, 0.15) is 28.9 Å². The minimum atomic E-state index is -0.833. The number of aromatic hydroxyl groups is 1. The van der Waals surface area contributed by atoms with Crippen molar-refractivity contribution in [2.24, 2.45) is 4.99 Å². The zero-order chi connectivity index (χ0) is 22.4. The van der Waals surface area contributed by atoms with Gasteiger partial charge in [-0.2, -0.15) is 9.61 Å². The van der Waals surface area contributed by atoms with Crippen molar-refractivity contribution in [1.29, 1.82) is 0 Å². The van der Waals surface area contributed by atoms with Gasteiger partial charge < -0.3 is 15.4 Å². The summed E-state index contributed by atoms with van der Waals surface area (Å²) in [4.78, 5) is 37.7. The summed E-state index contributed by atoms with van der Waals surface area (Å²) >= 11 is 5.78. The standard InChI is InChI=1S/C20H15ClFN7O3/c21-12-3-1-2-11(16(12)22)18(30)27-14-7-15(24-10-4-5-10)29-17(26-14)9(8-23-29)6-13-19(31)28-20(32)25-13/h1-3,6-8,10,31H,4-5H2,(H,27,30)(H2,25,28,32)/b9-6+,24-15?. The number of aromatic nitrogens is 5. The molecule has 4 N–H and O–H groups in total. The van der Waals surface area contributed by atoms with E-state index in [-0.39, 0.29) is 34.0 Å². The van der Waals surface area contributed by atoms with Gasteiger partial charge in [-0.3, -0.25) is 14.8 Å². The Labute approximate surface area is 183 Å². The van der Waals surface area contributed by atoms with Crippen molar-refractivity contribution in [3.63, 3.8) is 0 Å². The summed E-state index contributed by atoms with van der Waals surface area (Å²) in [6.07, 6.45) is 4.85. The Bertz CT molecular complexity index is 1550. The number of hydrogen-bond acceptors (Lipinski definition) is 6. The molecule has 1 aliphatic rings. The summed E-state index contributed by atoms with van der Waals surface area (Å²) in [7, 11) is 0. The second-order valence-electron chi connectivity index (χ2n) is 7.24. The maximum absolute atomic E-state index is 14.3. The molecule has 1 amide bonds.